The van der Waals surface area contributed by atoms with Crippen molar-refractivity contribution in [3.63, 3.8) is 0 Å². The van der Waals surface area contributed by atoms with E-state index < -0.39 is 11.8 Å². The first-order valence-corrected chi connectivity index (χ1v) is 9.16. The Morgan fingerprint density at radius 2 is 1.89 bits per heavy atom. The van der Waals surface area contributed by atoms with Crippen LogP contribution in [-0.4, -0.2) is 23.5 Å². The van der Waals surface area contributed by atoms with Crippen molar-refractivity contribution in [1.29, 1.82) is 0 Å². The van der Waals surface area contributed by atoms with Crippen LogP contribution in [-0.2, 0) is 9.59 Å². The van der Waals surface area contributed by atoms with Crippen molar-refractivity contribution in [1.82, 2.24) is 16.2 Å². The molecule has 0 saturated heterocycles. The average molecular weight is 448 g/mol. The van der Waals surface area contributed by atoms with E-state index in [4.69, 9.17) is 17.0 Å². The largest absolute Gasteiger partial charge is 0.483 e. The number of amides is 2. The Balaban J connectivity index is 1.70. The molecule has 0 aromatic heterocycles. The molecule has 0 heterocycles. The highest BCUT2D eigenvalue weighted by atomic mass is 79.9. The predicted octanol–water partition coefficient (Wildman–Crippen LogP) is 2.87. The topological polar surface area (TPSA) is 79.5 Å². The minimum Gasteiger partial charge on any atom is -0.483 e. The standard InChI is InChI=1S/C19H18BrN3O3S/c1-13-11-15(20)8-9-16(13)26-12-18(25)22-23-19(27)21-17(24)10-7-14-5-3-2-4-6-14/h2-11H,12H2,1H3,(H,22,25)(H2,21,23,24,27)/b10-7+. The highest BCUT2D eigenvalue weighted by Gasteiger charge is 2.06. The number of nitrogens with one attached hydrogen (secondary N) is 3. The number of hydrogen-bond donors (Lipinski definition) is 3. The Morgan fingerprint density at radius 1 is 1.15 bits per heavy atom. The molecule has 27 heavy (non-hydrogen) atoms. The van der Waals surface area contributed by atoms with Crippen LogP contribution in [0.4, 0.5) is 0 Å². The van der Waals surface area contributed by atoms with Crippen LogP contribution in [0, 0.1) is 6.92 Å². The third-order valence-electron chi connectivity index (χ3n) is 3.27. The number of ether oxygens (including phenoxy) is 1. The van der Waals surface area contributed by atoms with Gasteiger partial charge in [-0.2, -0.15) is 0 Å². The summed E-state index contributed by atoms with van der Waals surface area (Å²) < 4.78 is 6.37. The van der Waals surface area contributed by atoms with Crippen molar-refractivity contribution in [2.75, 3.05) is 6.61 Å². The van der Waals surface area contributed by atoms with Crippen LogP contribution in [0.5, 0.6) is 5.75 Å². The van der Waals surface area contributed by atoms with Gasteiger partial charge in [-0.05, 0) is 54.5 Å². The van der Waals surface area contributed by atoms with E-state index in [1.54, 1.807) is 12.1 Å². The fraction of sp³-hybridized carbons (Fsp3) is 0.105. The molecule has 3 N–H and O–H groups in total. The second kappa shape index (κ2) is 10.4. The Morgan fingerprint density at radius 3 is 2.59 bits per heavy atom. The lowest BCUT2D eigenvalue weighted by Crippen LogP contribution is -2.49. The monoisotopic (exact) mass is 447 g/mol. The lowest BCUT2D eigenvalue weighted by atomic mass is 10.2. The van der Waals surface area contributed by atoms with Gasteiger partial charge in [-0.1, -0.05) is 46.3 Å². The number of rotatable bonds is 5. The van der Waals surface area contributed by atoms with Crippen molar-refractivity contribution in [3.05, 3.63) is 70.2 Å². The molecule has 0 aliphatic rings. The summed E-state index contributed by atoms with van der Waals surface area (Å²) in [6.45, 7) is 1.68. The van der Waals surface area contributed by atoms with E-state index in [0.717, 1.165) is 15.6 Å². The molecule has 0 atom stereocenters. The zero-order valence-electron chi connectivity index (χ0n) is 14.5. The summed E-state index contributed by atoms with van der Waals surface area (Å²) in [5, 5.41) is 2.41. The predicted molar refractivity (Wildman–Crippen MR) is 112 cm³/mol. The van der Waals surface area contributed by atoms with Gasteiger partial charge in [0.25, 0.3) is 5.91 Å². The Bertz CT molecular complexity index is 857. The Labute approximate surface area is 171 Å². The van der Waals surface area contributed by atoms with Crippen LogP contribution >= 0.6 is 28.1 Å². The van der Waals surface area contributed by atoms with Crippen LogP contribution < -0.4 is 20.9 Å². The number of aryl methyl sites for hydroxylation is 1. The quantitative estimate of drug-likeness (QED) is 0.373. The van der Waals surface area contributed by atoms with Gasteiger partial charge in [0.1, 0.15) is 5.75 Å². The van der Waals surface area contributed by atoms with Gasteiger partial charge in [-0.15, -0.1) is 0 Å². The normalized spacial score (nSPS) is 10.3. The maximum absolute atomic E-state index is 11.8. The third kappa shape index (κ3) is 7.59. The summed E-state index contributed by atoms with van der Waals surface area (Å²) >= 11 is 8.32. The first kappa shape index (κ1) is 20.6. The number of hydrogen-bond acceptors (Lipinski definition) is 4. The molecular weight excluding hydrogens is 430 g/mol. The molecule has 2 aromatic rings. The SMILES string of the molecule is Cc1cc(Br)ccc1OCC(=O)NNC(=S)NC(=O)/C=C/c1ccccc1. The molecule has 0 bridgehead atoms. The fourth-order valence-corrected chi connectivity index (χ4v) is 2.63. The number of halogens is 1. The molecule has 2 amide bonds. The summed E-state index contributed by atoms with van der Waals surface area (Å²) in [7, 11) is 0. The molecule has 0 radical (unpaired) electrons. The molecule has 0 unspecified atom stereocenters. The van der Waals surface area contributed by atoms with Gasteiger partial charge in [0, 0.05) is 10.5 Å². The number of carbonyl (C=O) groups excluding carboxylic acids is 2. The van der Waals surface area contributed by atoms with Gasteiger partial charge >= 0.3 is 0 Å². The van der Waals surface area contributed by atoms with Crippen LogP contribution in [0.1, 0.15) is 11.1 Å². The van der Waals surface area contributed by atoms with Gasteiger partial charge in [0.2, 0.25) is 5.91 Å². The highest BCUT2D eigenvalue weighted by Crippen LogP contribution is 2.21. The van der Waals surface area contributed by atoms with Crippen molar-refractivity contribution in [3.8, 4) is 5.75 Å². The van der Waals surface area contributed by atoms with Crippen molar-refractivity contribution in [2.45, 2.75) is 6.92 Å². The Kier molecular flexibility index (Phi) is 7.97. The van der Waals surface area contributed by atoms with Gasteiger partial charge in [-0.25, -0.2) is 0 Å². The molecule has 140 valence electrons. The first-order valence-electron chi connectivity index (χ1n) is 7.96. The van der Waals surface area contributed by atoms with E-state index in [1.165, 1.54) is 6.08 Å². The van der Waals surface area contributed by atoms with E-state index in [9.17, 15) is 9.59 Å². The van der Waals surface area contributed by atoms with E-state index in [-0.39, 0.29) is 11.7 Å². The number of hydrazine groups is 1. The molecule has 0 spiro atoms. The zero-order valence-corrected chi connectivity index (χ0v) is 16.9. The number of carbonyl (C=O) groups is 2. The zero-order chi connectivity index (χ0) is 19.6. The van der Waals surface area contributed by atoms with Crippen molar-refractivity contribution >= 4 is 51.2 Å². The molecule has 0 saturated carbocycles. The molecule has 0 fully saturated rings. The molecule has 6 nitrogen and oxygen atoms in total. The summed E-state index contributed by atoms with van der Waals surface area (Å²) in [4.78, 5) is 23.6. The van der Waals surface area contributed by atoms with Crippen LogP contribution in [0.2, 0.25) is 0 Å². The van der Waals surface area contributed by atoms with Crippen molar-refractivity contribution in [2.24, 2.45) is 0 Å². The number of benzene rings is 2. The first-order chi connectivity index (χ1) is 12.9. The summed E-state index contributed by atoms with van der Waals surface area (Å²) in [5.41, 5.74) is 6.60. The van der Waals surface area contributed by atoms with Crippen LogP contribution in [0.25, 0.3) is 6.08 Å². The van der Waals surface area contributed by atoms with E-state index in [2.05, 4.69) is 32.1 Å². The van der Waals surface area contributed by atoms with E-state index in [0.29, 0.717) is 5.75 Å². The smallest absolute Gasteiger partial charge is 0.276 e. The third-order valence-corrected chi connectivity index (χ3v) is 3.97. The van der Waals surface area contributed by atoms with Gasteiger partial charge in [0.15, 0.2) is 11.7 Å². The van der Waals surface area contributed by atoms with Crippen molar-refractivity contribution < 1.29 is 14.3 Å². The maximum Gasteiger partial charge on any atom is 0.276 e. The van der Waals surface area contributed by atoms with Crippen LogP contribution in [0.15, 0.2) is 59.1 Å². The van der Waals surface area contributed by atoms with Gasteiger partial charge in [-0.3, -0.25) is 25.8 Å². The average Bonchev–Trinajstić information content (AvgIpc) is 2.65. The van der Waals surface area contributed by atoms with Crippen LogP contribution in [0.3, 0.4) is 0 Å². The molecular formula is C19H18BrN3O3S. The fourth-order valence-electron chi connectivity index (χ4n) is 2.00. The second-order valence-corrected chi connectivity index (χ2v) is 6.76. The summed E-state index contributed by atoms with van der Waals surface area (Å²) in [6.07, 6.45) is 3.01. The van der Waals surface area contributed by atoms with E-state index >= 15 is 0 Å². The molecule has 2 rings (SSSR count). The molecule has 8 heteroatoms. The van der Waals surface area contributed by atoms with Gasteiger partial charge < -0.3 is 4.74 Å². The second-order valence-electron chi connectivity index (χ2n) is 5.43. The van der Waals surface area contributed by atoms with Gasteiger partial charge in [0.05, 0.1) is 0 Å². The molecule has 0 aliphatic heterocycles. The molecule has 0 aliphatic carbocycles. The summed E-state index contributed by atoms with van der Waals surface area (Å²) in [5.74, 6) is -0.239. The minimum atomic E-state index is -0.436. The number of thiocarbonyl (C=S) groups is 1. The highest BCUT2D eigenvalue weighted by molar-refractivity contribution is 9.10. The lowest BCUT2D eigenvalue weighted by molar-refractivity contribution is -0.123. The lowest BCUT2D eigenvalue weighted by Gasteiger charge is -2.11. The Hall–Kier alpha value is -2.71. The maximum atomic E-state index is 11.8. The minimum absolute atomic E-state index is 0.0223. The summed E-state index contributed by atoms with van der Waals surface area (Å²) in [6, 6.07) is 14.9. The molecule has 2 aromatic carbocycles. The van der Waals surface area contributed by atoms with E-state index in [1.807, 2.05) is 49.4 Å².